The van der Waals surface area contributed by atoms with E-state index >= 15 is 0 Å². The van der Waals surface area contributed by atoms with Gasteiger partial charge in [-0.15, -0.1) is 0 Å². The van der Waals surface area contributed by atoms with Crippen LogP contribution in [0.2, 0.25) is 0 Å². The van der Waals surface area contributed by atoms with Gasteiger partial charge in [-0.3, -0.25) is 9.69 Å². The third-order valence-electron chi connectivity index (χ3n) is 3.98. The molecular weight excluding hydrogens is 363 g/mol. The molecule has 1 atom stereocenters. The Hall–Kier alpha value is -0.980. The van der Waals surface area contributed by atoms with E-state index in [0.717, 1.165) is 32.7 Å². The van der Waals surface area contributed by atoms with Crippen molar-refractivity contribution < 1.29 is 13.9 Å². The van der Waals surface area contributed by atoms with Crippen molar-refractivity contribution in [3.8, 4) is 0 Å². The lowest BCUT2D eigenvalue weighted by molar-refractivity contribution is 0.0124. The van der Waals surface area contributed by atoms with Crippen LogP contribution in [0.1, 0.15) is 30.6 Å². The summed E-state index contributed by atoms with van der Waals surface area (Å²) in [5.41, 5.74) is 0.0819. The van der Waals surface area contributed by atoms with Crippen LogP contribution < -0.4 is 5.32 Å². The zero-order valence-electron chi connectivity index (χ0n) is 13.6. The Morgan fingerprint density at radius 2 is 2.09 bits per heavy atom. The molecule has 0 aliphatic carbocycles. The molecule has 1 aliphatic rings. The molecule has 1 saturated heterocycles. The zero-order chi connectivity index (χ0) is 16.8. The molecule has 1 heterocycles. The molecule has 0 bridgehead atoms. The number of benzene rings is 1. The van der Waals surface area contributed by atoms with Gasteiger partial charge in [0.05, 0.1) is 18.8 Å². The van der Waals surface area contributed by atoms with E-state index in [4.69, 9.17) is 4.74 Å². The average Bonchev–Trinajstić information content (AvgIpc) is 2.51. The normalized spacial score (nSPS) is 17.3. The fourth-order valence-electron chi connectivity index (χ4n) is 2.83. The summed E-state index contributed by atoms with van der Waals surface area (Å²) < 4.78 is 19.9. The van der Waals surface area contributed by atoms with Crippen LogP contribution in [0.5, 0.6) is 0 Å². The minimum absolute atomic E-state index is 0.0819. The average molecular weight is 387 g/mol. The standard InChI is InChI=1S/C17H24BrFN2O2/c1-12(2)9-14(21-5-7-23-8-6-21)11-20-17(22)15-4-3-13(18)10-16(15)19/h3-4,10,12,14H,5-9,11H2,1-2H3,(H,20,22)/t14-/m0/s1. The van der Waals surface area contributed by atoms with Crippen molar-refractivity contribution in [2.75, 3.05) is 32.8 Å². The molecule has 0 aromatic heterocycles. The van der Waals surface area contributed by atoms with E-state index in [1.54, 1.807) is 6.07 Å². The highest BCUT2D eigenvalue weighted by atomic mass is 79.9. The van der Waals surface area contributed by atoms with Gasteiger partial charge in [-0.2, -0.15) is 0 Å². The quantitative estimate of drug-likeness (QED) is 0.816. The fourth-order valence-corrected chi connectivity index (χ4v) is 3.16. The molecule has 0 unspecified atom stereocenters. The maximum atomic E-state index is 13.9. The van der Waals surface area contributed by atoms with Crippen LogP contribution in [0, 0.1) is 11.7 Å². The summed E-state index contributed by atoms with van der Waals surface area (Å²) in [4.78, 5) is 14.6. The molecule has 1 aromatic carbocycles. The summed E-state index contributed by atoms with van der Waals surface area (Å²) in [6.45, 7) is 8.06. The topological polar surface area (TPSA) is 41.6 Å². The van der Waals surface area contributed by atoms with E-state index in [0.29, 0.717) is 16.9 Å². The third kappa shape index (κ3) is 5.55. The molecule has 1 N–H and O–H groups in total. The van der Waals surface area contributed by atoms with Crippen LogP contribution in [0.3, 0.4) is 0 Å². The fraction of sp³-hybridized carbons (Fsp3) is 0.588. The van der Waals surface area contributed by atoms with E-state index in [1.807, 2.05) is 0 Å². The van der Waals surface area contributed by atoms with Crippen LogP contribution in [0.15, 0.2) is 22.7 Å². The first-order valence-corrected chi connectivity index (χ1v) is 8.81. The van der Waals surface area contributed by atoms with Crippen molar-refractivity contribution in [1.82, 2.24) is 10.2 Å². The largest absolute Gasteiger partial charge is 0.379 e. The van der Waals surface area contributed by atoms with Crippen molar-refractivity contribution >= 4 is 21.8 Å². The Morgan fingerprint density at radius 3 is 2.70 bits per heavy atom. The second kappa shape index (κ2) is 8.76. The summed E-state index contributed by atoms with van der Waals surface area (Å²) in [6, 6.07) is 4.73. The number of hydrogen-bond acceptors (Lipinski definition) is 3. The minimum atomic E-state index is -0.511. The zero-order valence-corrected chi connectivity index (χ0v) is 15.2. The number of ether oxygens (including phenoxy) is 1. The van der Waals surface area contributed by atoms with Crippen LogP contribution in [0.25, 0.3) is 0 Å². The molecule has 4 nitrogen and oxygen atoms in total. The summed E-state index contributed by atoms with van der Waals surface area (Å²) in [5.74, 6) is -0.343. The Bertz CT molecular complexity index is 533. The smallest absolute Gasteiger partial charge is 0.254 e. The second-order valence-electron chi connectivity index (χ2n) is 6.27. The van der Waals surface area contributed by atoms with Crippen LogP contribution >= 0.6 is 15.9 Å². The van der Waals surface area contributed by atoms with Gasteiger partial charge in [0.25, 0.3) is 5.91 Å². The maximum Gasteiger partial charge on any atom is 0.254 e. The van der Waals surface area contributed by atoms with Gasteiger partial charge >= 0.3 is 0 Å². The molecule has 1 amide bonds. The second-order valence-corrected chi connectivity index (χ2v) is 7.18. The van der Waals surface area contributed by atoms with Crippen LogP contribution in [-0.2, 0) is 4.74 Å². The van der Waals surface area contributed by atoms with Gasteiger partial charge in [0.15, 0.2) is 0 Å². The molecule has 128 valence electrons. The lowest BCUT2D eigenvalue weighted by Crippen LogP contribution is -2.49. The Kier molecular flexibility index (Phi) is 6.99. The predicted octanol–water partition coefficient (Wildman–Crippen LogP) is 3.06. The summed E-state index contributed by atoms with van der Waals surface area (Å²) in [7, 11) is 0. The number of carbonyl (C=O) groups is 1. The highest BCUT2D eigenvalue weighted by Gasteiger charge is 2.23. The number of carbonyl (C=O) groups excluding carboxylic acids is 1. The molecule has 2 rings (SSSR count). The maximum absolute atomic E-state index is 13.9. The van der Waals surface area contributed by atoms with Crippen molar-refractivity contribution in [3.63, 3.8) is 0 Å². The molecule has 0 spiro atoms. The van der Waals surface area contributed by atoms with E-state index in [9.17, 15) is 9.18 Å². The van der Waals surface area contributed by atoms with Crippen molar-refractivity contribution in [1.29, 1.82) is 0 Å². The highest BCUT2D eigenvalue weighted by molar-refractivity contribution is 9.10. The van der Waals surface area contributed by atoms with Crippen molar-refractivity contribution in [2.24, 2.45) is 5.92 Å². The third-order valence-corrected chi connectivity index (χ3v) is 4.47. The first kappa shape index (κ1) is 18.4. The number of nitrogens with one attached hydrogen (secondary N) is 1. The van der Waals surface area contributed by atoms with Gasteiger partial charge in [0.1, 0.15) is 5.82 Å². The molecule has 6 heteroatoms. The van der Waals surface area contributed by atoms with Gasteiger partial charge in [-0.1, -0.05) is 29.8 Å². The van der Waals surface area contributed by atoms with Crippen molar-refractivity contribution in [2.45, 2.75) is 26.3 Å². The number of rotatable bonds is 6. The SMILES string of the molecule is CC(C)C[C@@H](CNC(=O)c1ccc(Br)cc1F)N1CCOCC1. The lowest BCUT2D eigenvalue weighted by atomic mass is 10.0. The molecule has 1 fully saturated rings. The monoisotopic (exact) mass is 386 g/mol. The number of hydrogen-bond donors (Lipinski definition) is 1. The van der Waals surface area contributed by atoms with E-state index in [2.05, 4.69) is 40.0 Å². The summed E-state index contributed by atoms with van der Waals surface area (Å²) >= 11 is 3.20. The predicted molar refractivity (Wildman–Crippen MR) is 92.1 cm³/mol. The number of amides is 1. The molecule has 23 heavy (non-hydrogen) atoms. The van der Waals surface area contributed by atoms with Crippen LogP contribution in [-0.4, -0.2) is 49.7 Å². The number of halogens is 2. The molecule has 0 radical (unpaired) electrons. The number of nitrogens with zero attached hydrogens (tertiary/aromatic N) is 1. The Labute approximate surface area is 145 Å². The highest BCUT2D eigenvalue weighted by Crippen LogP contribution is 2.16. The Morgan fingerprint density at radius 1 is 1.39 bits per heavy atom. The summed E-state index contributed by atoms with van der Waals surface area (Å²) in [5, 5.41) is 2.89. The minimum Gasteiger partial charge on any atom is -0.379 e. The first-order valence-electron chi connectivity index (χ1n) is 8.02. The summed E-state index contributed by atoms with van der Waals surface area (Å²) in [6.07, 6.45) is 0.989. The molecular formula is C17H24BrFN2O2. The van der Waals surface area contributed by atoms with Gasteiger partial charge < -0.3 is 10.1 Å². The lowest BCUT2D eigenvalue weighted by Gasteiger charge is -2.35. The molecule has 0 saturated carbocycles. The van der Waals surface area contributed by atoms with E-state index < -0.39 is 5.82 Å². The van der Waals surface area contributed by atoms with Gasteiger partial charge in [-0.05, 0) is 30.5 Å². The van der Waals surface area contributed by atoms with Gasteiger partial charge in [0, 0.05) is 30.1 Å². The van der Waals surface area contributed by atoms with Gasteiger partial charge in [-0.25, -0.2) is 4.39 Å². The molecule has 1 aliphatic heterocycles. The van der Waals surface area contributed by atoms with Crippen LogP contribution in [0.4, 0.5) is 4.39 Å². The van der Waals surface area contributed by atoms with Crippen molar-refractivity contribution in [3.05, 3.63) is 34.1 Å². The van der Waals surface area contributed by atoms with Gasteiger partial charge in [0.2, 0.25) is 0 Å². The van der Waals surface area contributed by atoms with E-state index in [1.165, 1.54) is 12.1 Å². The Balaban J connectivity index is 1.97. The van der Waals surface area contributed by atoms with E-state index in [-0.39, 0.29) is 17.5 Å². The molecule has 1 aromatic rings. The number of morpholine rings is 1. The first-order chi connectivity index (χ1) is 11.0.